The molecule has 0 N–H and O–H groups in total. The van der Waals surface area contributed by atoms with Gasteiger partial charge in [0.15, 0.2) is 0 Å². The van der Waals surface area contributed by atoms with Crippen molar-refractivity contribution in [1.29, 1.82) is 0 Å². The molecule has 43 heavy (non-hydrogen) atoms. The van der Waals surface area contributed by atoms with Crippen molar-refractivity contribution in [3.05, 3.63) is 71.8 Å². The summed E-state index contributed by atoms with van der Waals surface area (Å²) in [5.74, 6) is 2.87. The van der Waals surface area contributed by atoms with Crippen LogP contribution in [0.4, 0.5) is 0 Å². The van der Waals surface area contributed by atoms with Crippen molar-refractivity contribution in [2.24, 2.45) is 0 Å². The summed E-state index contributed by atoms with van der Waals surface area (Å²) < 4.78 is 9.20. The summed E-state index contributed by atoms with van der Waals surface area (Å²) in [7, 11) is 0. The Morgan fingerprint density at radius 3 is 0.814 bits per heavy atom. The van der Waals surface area contributed by atoms with Crippen LogP contribution >= 0.6 is 0 Å². The zero-order valence-electron chi connectivity index (χ0n) is 26.5. The van der Waals surface area contributed by atoms with Crippen LogP contribution in [-0.2, 0) is 16.5 Å². The minimum atomic E-state index is -0.906. The predicted molar refractivity (Wildman–Crippen MR) is 171 cm³/mol. The summed E-state index contributed by atoms with van der Waals surface area (Å²) in [5, 5.41) is 19.4. The Bertz CT molecular complexity index is 1280. The van der Waals surface area contributed by atoms with Crippen LogP contribution < -0.4 is 0 Å². The van der Waals surface area contributed by atoms with Gasteiger partial charge in [0, 0.05) is 0 Å². The molecule has 0 aromatic carbocycles. The van der Waals surface area contributed by atoms with Crippen molar-refractivity contribution in [2.45, 2.75) is 128 Å². The van der Waals surface area contributed by atoms with Gasteiger partial charge in [0.05, 0.1) is 22.8 Å². The first-order chi connectivity index (χ1) is 20.4. The Kier molecular flexibility index (Phi) is 8.58. The van der Waals surface area contributed by atoms with E-state index in [1.54, 1.807) is 0 Å². The molecule has 8 heterocycles. The Labute approximate surface area is 267 Å². The molecule has 0 spiro atoms. The van der Waals surface area contributed by atoms with E-state index in [1.165, 1.54) is 77.0 Å². The van der Waals surface area contributed by atoms with Crippen LogP contribution in [0.5, 0.6) is 0 Å². The first kappa shape index (κ1) is 30.5. The second kappa shape index (κ2) is 12.1. The van der Waals surface area contributed by atoms with Gasteiger partial charge in [-0.25, -0.2) is 20.4 Å². The average Bonchev–Trinajstić information content (AvgIpc) is 3.77. The van der Waals surface area contributed by atoms with Crippen LogP contribution in [0.1, 0.15) is 99.8 Å². The molecule has 4 saturated heterocycles. The second-order valence-corrected chi connectivity index (χ2v) is 14.3. The first-order valence-electron chi connectivity index (χ1n) is 16.8. The molecular weight excluding hydrogens is 577 g/mol. The standard InChI is InChI=1S/2C16H24BN4.Ni/c2*1-13-9-11-20(18-13)17(21-12-10-14(2)19-21)15-5-3-6-16(17)8-4-7-15;/h2*9-12,15-16H,3-8H2,1-2H3;/q2*-1;+2. The molecule has 4 aromatic rings. The van der Waals surface area contributed by atoms with Crippen LogP contribution in [0.2, 0.25) is 23.3 Å². The van der Waals surface area contributed by atoms with Gasteiger partial charge in [0.2, 0.25) is 12.8 Å². The molecule has 8 nitrogen and oxygen atoms in total. The molecule has 4 bridgehead atoms. The van der Waals surface area contributed by atoms with Crippen molar-refractivity contribution in [3.8, 4) is 0 Å². The molecule has 4 aromatic heterocycles. The van der Waals surface area contributed by atoms with E-state index in [0.29, 0.717) is 0 Å². The van der Waals surface area contributed by atoms with Gasteiger partial charge in [0.1, 0.15) is 0 Å². The largest absolute Gasteiger partial charge is 2.00 e. The maximum Gasteiger partial charge on any atom is 2.00 e. The van der Waals surface area contributed by atoms with Gasteiger partial charge in [-0.1, -0.05) is 77.0 Å². The van der Waals surface area contributed by atoms with Crippen LogP contribution in [0.25, 0.3) is 0 Å². The number of rotatable bonds is 4. The molecule has 0 amide bonds. The summed E-state index contributed by atoms with van der Waals surface area (Å²) in [4.78, 5) is 0. The van der Waals surface area contributed by atoms with Gasteiger partial charge in [-0.15, -0.1) is 23.3 Å². The van der Waals surface area contributed by atoms with E-state index in [-0.39, 0.29) is 16.5 Å². The molecule has 0 atom stereocenters. The Morgan fingerprint density at radius 1 is 0.442 bits per heavy atom. The fourth-order valence-electron chi connectivity index (χ4n) is 10.5. The Hall–Kier alpha value is -2.54. The Balaban J connectivity index is 0.000000150. The fourth-order valence-corrected chi connectivity index (χ4v) is 10.5. The molecule has 4 aliphatic rings. The zero-order chi connectivity index (χ0) is 28.9. The van der Waals surface area contributed by atoms with E-state index in [9.17, 15) is 0 Å². The fraction of sp³-hybridized carbons (Fsp3) is 0.625. The van der Waals surface area contributed by atoms with Gasteiger partial charge in [-0.05, 0) is 76.7 Å². The SMILES string of the molecule is Cc1ccn([B-]2(n3ccc(C)n3)C3CCCC2CCC3)n1.Cc1ccn([B-]2(n3ccc(C)n3)C3CCCC2CCC3)n1.[Ni+2]. The quantitative estimate of drug-likeness (QED) is 0.224. The van der Waals surface area contributed by atoms with Crippen molar-refractivity contribution < 1.29 is 16.5 Å². The smallest absolute Gasteiger partial charge is 0.422 e. The summed E-state index contributed by atoms with van der Waals surface area (Å²) in [5.41, 5.74) is 4.46. The molecule has 11 heteroatoms. The third-order valence-corrected chi connectivity index (χ3v) is 12.0. The van der Waals surface area contributed by atoms with Gasteiger partial charge in [-0.3, -0.25) is 0 Å². The summed E-state index contributed by atoms with van der Waals surface area (Å²) in [6.45, 7) is 8.36. The van der Waals surface area contributed by atoms with Gasteiger partial charge >= 0.3 is 16.5 Å². The van der Waals surface area contributed by atoms with E-state index in [4.69, 9.17) is 20.4 Å². The normalized spacial score (nSPS) is 27.1. The number of hydrogen-bond acceptors (Lipinski definition) is 4. The average molecular weight is 625 g/mol. The van der Waals surface area contributed by atoms with Crippen molar-refractivity contribution in [1.82, 2.24) is 38.8 Å². The minimum absolute atomic E-state index is 0. The maximum absolute atomic E-state index is 4.86. The molecule has 0 aliphatic carbocycles. The summed E-state index contributed by atoms with van der Waals surface area (Å²) in [6, 6.07) is 8.57. The number of aromatic nitrogens is 8. The van der Waals surface area contributed by atoms with Gasteiger partial charge < -0.3 is 18.4 Å². The van der Waals surface area contributed by atoms with E-state index in [1.807, 2.05) is 0 Å². The predicted octanol–water partition coefficient (Wildman–Crippen LogP) is 7.28. The van der Waals surface area contributed by atoms with Crippen molar-refractivity contribution >= 4 is 12.8 Å². The molecule has 4 fully saturated rings. The molecule has 232 valence electrons. The number of nitrogens with zero attached hydrogens (tertiary/aromatic N) is 8. The zero-order valence-corrected chi connectivity index (χ0v) is 27.4. The first-order valence-corrected chi connectivity index (χ1v) is 16.8. The van der Waals surface area contributed by atoms with Crippen LogP contribution in [0.3, 0.4) is 0 Å². The van der Waals surface area contributed by atoms with E-state index < -0.39 is 12.8 Å². The van der Waals surface area contributed by atoms with E-state index in [0.717, 1.165) is 46.0 Å². The third kappa shape index (κ3) is 4.98. The third-order valence-electron chi connectivity index (χ3n) is 12.0. The van der Waals surface area contributed by atoms with Gasteiger partial charge in [-0.2, -0.15) is 0 Å². The van der Waals surface area contributed by atoms with Crippen molar-refractivity contribution in [2.75, 3.05) is 0 Å². The van der Waals surface area contributed by atoms with Crippen LogP contribution in [0, 0.1) is 27.7 Å². The molecule has 0 saturated carbocycles. The van der Waals surface area contributed by atoms with Gasteiger partial charge in [0.25, 0.3) is 0 Å². The second-order valence-electron chi connectivity index (χ2n) is 14.3. The van der Waals surface area contributed by atoms with E-state index in [2.05, 4.69) is 95.1 Å². The molecule has 8 rings (SSSR count). The molecule has 0 radical (unpaired) electrons. The summed E-state index contributed by atoms with van der Waals surface area (Å²) in [6.07, 6.45) is 23.1. The number of aryl methyl sites for hydroxylation is 4. The minimum Gasteiger partial charge on any atom is -0.422 e. The molecule has 0 unspecified atom stereocenters. The van der Waals surface area contributed by atoms with Crippen LogP contribution in [0.15, 0.2) is 49.1 Å². The monoisotopic (exact) mass is 624 g/mol. The topological polar surface area (TPSA) is 71.3 Å². The van der Waals surface area contributed by atoms with Crippen LogP contribution in [-0.4, -0.2) is 51.6 Å². The maximum atomic E-state index is 4.86. The number of hydrogen-bond donors (Lipinski definition) is 0. The molecule has 4 aliphatic heterocycles. The summed E-state index contributed by atoms with van der Waals surface area (Å²) >= 11 is 0. The molecular formula is C32H48B2N8Ni. The number of fused-ring (bicyclic) bond motifs is 4. The Morgan fingerprint density at radius 2 is 0.651 bits per heavy atom. The van der Waals surface area contributed by atoms with Crippen molar-refractivity contribution in [3.63, 3.8) is 0 Å². The van der Waals surface area contributed by atoms with E-state index >= 15 is 0 Å².